The molecule has 1 aliphatic rings. The van der Waals surface area contributed by atoms with E-state index in [4.69, 9.17) is 0 Å². The van der Waals surface area contributed by atoms with Gasteiger partial charge in [-0.15, -0.1) is 11.8 Å². The van der Waals surface area contributed by atoms with E-state index < -0.39 is 0 Å². The summed E-state index contributed by atoms with van der Waals surface area (Å²) in [6.07, 6.45) is 2.73. The minimum absolute atomic E-state index is 0.234. The summed E-state index contributed by atoms with van der Waals surface area (Å²) < 4.78 is 0. The van der Waals surface area contributed by atoms with Crippen LogP contribution in [0.25, 0.3) is 0 Å². The Hall–Kier alpha value is -0.470. The zero-order chi connectivity index (χ0) is 12.3. The molecule has 0 atom stereocenters. The highest BCUT2D eigenvalue weighted by molar-refractivity contribution is 7.99. The lowest BCUT2D eigenvalue weighted by atomic mass is 9.84. The fourth-order valence-electron chi connectivity index (χ4n) is 1.96. The second-order valence-electron chi connectivity index (χ2n) is 5.50. The molecule has 0 bridgehead atoms. The first-order valence-electron chi connectivity index (χ1n) is 6.58. The first kappa shape index (κ1) is 13.0. The average Bonchev–Trinajstić information content (AvgIpc) is 3.12. The maximum Gasteiger partial charge on any atom is 0.00720 e. The Morgan fingerprint density at radius 3 is 2.41 bits per heavy atom. The Morgan fingerprint density at radius 1 is 1.24 bits per heavy atom. The highest BCUT2D eigenvalue weighted by Crippen LogP contribution is 2.27. The molecular weight excluding hydrogens is 226 g/mol. The van der Waals surface area contributed by atoms with Crippen molar-refractivity contribution in [3.8, 4) is 0 Å². The Bertz CT molecular complexity index is 352. The van der Waals surface area contributed by atoms with Crippen LogP contribution < -0.4 is 5.32 Å². The van der Waals surface area contributed by atoms with Crippen LogP contribution >= 0.6 is 11.8 Å². The molecule has 0 amide bonds. The van der Waals surface area contributed by atoms with Crippen molar-refractivity contribution in [2.75, 3.05) is 12.3 Å². The van der Waals surface area contributed by atoms with Crippen LogP contribution in [0, 0.1) is 0 Å². The lowest BCUT2D eigenvalue weighted by molar-refractivity contribution is 0.467. The van der Waals surface area contributed by atoms with Crippen LogP contribution in [0.5, 0.6) is 0 Å². The lowest BCUT2D eigenvalue weighted by Gasteiger charge is -2.26. The van der Waals surface area contributed by atoms with Crippen molar-refractivity contribution in [3.05, 3.63) is 29.8 Å². The van der Waals surface area contributed by atoms with Crippen molar-refractivity contribution in [2.24, 2.45) is 0 Å². The third kappa shape index (κ3) is 3.75. The van der Waals surface area contributed by atoms with Crippen LogP contribution in [0.2, 0.25) is 0 Å². The van der Waals surface area contributed by atoms with Crippen molar-refractivity contribution in [2.45, 2.75) is 50.0 Å². The van der Waals surface area contributed by atoms with Gasteiger partial charge in [-0.25, -0.2) is 0 Å². The molecule has 2 heteroatoms. The quantitative estimate of drug-likeness (QED) is 0.769. The van der Waals surface area contributed by atoms with Crippen LogP contribution in [0.1, 0.15) is 39.2 Å². The fraction of sp³-hybridized carbons (Fsp3) is 0.600. The number of hydrogen-bond acceptors (Lipinski definition) is 2. The van der Waals surface area contributed by atoms with Crippen molar-refractivity contribution in [1.82, 2.24) is 5.32 Å². The number of rotatable bonds is 6. The molecule has 17 heavy (non-hydrogen) atoms. The SMILES string of the molecule is CCSc1ccc(C(C)(C)CNC2CC2)cc1. The first-order chi connectivity index (χ1) is 8.12. The summed E-state index contributed by atoms with van der Waals surface area (Å²) in [5.74, 6) is 1.14. The third-order valence-corrected chi connectivity index (χ3v) is 4.25. The molecule has 94 valence electrons. The molecular formula is C15H23NS. The van der Waals surface area contributed by atoms with Gasteiger partial charge in [-0.2, -0.15) is 0 Å². The molecule has 1 aromatic carbocycles. The van der Waals surface area contributed by atoms with Gasteiger partial charge in [0.2, 0.25) is 0 Å². The van der Waals surface area contributed by atoms with E-state index in [1.807, 2.05) is 11.8 Å². The van der Waals surface area contributed by atoms with E-state index in [2.05, 4.69) is 50.4 Å². The fourth-order valence-corrected chi connectivity index (χ4v) is 2.62. The van der Waals surface area contributed by atoms with Crippen molar-refractivity contribution < 1.29 is 0 Å². The van der Waals surface area contributed by atoms with Crippen LogP contribution in [-0.2, 0) is 5.41 Å². The zero-order valence-corrected chi connectivity index (χ0v) is 11.9. The standard InChI is InChI=1S/C15H23NS/c1-4-17-14-9-5-12(6-10-14)15(2,3)11-16-13-7-8-13/h5-6,9-10,13,16H,4,7-8,11H2,1-3H3. The Kier molecular flexibility index (Phi) is 4.16. The summed E-state index contributed by atoms with van der Waals surface area (Å²) in [6.45, 7) is 7.93. The van der Waals surface area contributed by atoms with Crippen molar-refractivity contribution >= 4 is 11.8 Å². The number of nitrogens with one attached hydrogen (secondary N) is 1. The summed E-state index contributed by atoms with van der Waals surface area (Å²) in [5.41, 5.74) is 1.67. The van der Waals surface area contributed by atoms with Crippen molar-refractivity contribution in [1.29, 1.82) is 0 Å². The van der Waals surface area contributed by atoms with Gasteiger partial charge < -0.3 is 5.32 Å². The van der Waals surface area contributed by atoms with Gasteiger partial charge in [0, 0.05) is 22.9 Å². The van der Waals surface area contributed by atoms with Gasteiger partial charge in [0.25, 0.3) is 0 Å². The van der Waals surface area contributed by atoms with Crippen LogP contribution in [0.4, 0.5) is 0 Å². The van der Waals surface area contributed by atoms with Gasteiger partial charge in [-0.05, 0) is 36.3 Å². The van der Waals surface area contributed by atoms with Crippen LogP contribution in [-0.4, -0.2) is 18.3 Å². The van der Waals surface area contributed by atoms with Crippen molar-refractivity contribution in [3.63, 3.8) is 0 Å². The molecule has 2 rings (SSSR count). The Morgan fingerprint density at radius 2 is 1.88 bits per heavy atom. The van der Waals surface area contributed by atoms with Crippen LogP contribution in [0.3, 0.4) is 0 Å². The normalized spacial score (nSPS) is 16.2. The van der Waals surface area contributed by atoms with Gasteiger partial charge in [0.05, 0.1) is 0 Å². The Balaban J connectivity index is 1.98. The minimum atomic E-state index is 0.234. The van der Waals surface area contributed by atoms with E-state index in [1.165, 1.54) is 23.3 Å². The molecule has 1 N–H and O–H groups in total. The van der Waals surface area contributed by atoms with E-state index in [0.717, 1.165) is 18.3 Å². The molecule has 0 aliphatic heterocycles. The van der Waals surface area contributed by atoms with E-state index in [1.54, 1.807) is 0 Å². The summed E-state index contributed by atoms with van der Waals surface area (Å²) in [6, 6.07) is 9.87. The minimum Gasteiger partial charge on any atom is -0.313 e. The second-order valence-corrected chi connectivity index (χ2v) is 6.83. The van der Waals surface area contributed by atoms with Crippen LogP contribution in [0.15, 0.2) is 29.2 Å². The highest BCUT2D eigenvalue weighted by atomic mass is 32.2. The van der Waals surface area contributed by atoms with E-state index in [-0.39, 0.29) is 5.41 Å². The molecule has 1 saturated carbocycles. The van der Waals surface area contributed by atoms with Gasteiger partial charge in [-0.3, -0.25) is 0 Å². The van der Waals surface area contributed by atoms with Gasteiger partial charge in [0.1, 0.15) is 0 Å². The smallest absolute Gasteiger partial charge is 0.00720 e. The summed E-state index contributed by atoms with van der Waals surface area (Å²) in [4.78, 5) is 1.38. The summed E-state index contributed by atoms with van der Waals surface area (Å²) >= 11 is 1.91. The molecule has 0 spiro atoms. The van der Waals surface area contributed by atoms with E-state index in [9.17, 15) is 0 Å². The highest BCUT2D eigenvalue weighted by Gasteiger charge is 2.26. The van der Waals surface area contributed by atoms with E-state index >= 15 is 0 Å². The topological polar surface area (TPSA) is 12.0 Å². The van der Waals surface area contributed by atoms with Gasteiger partial charge in [0.15, 0.2) is 0 Å². The summed E-state index contributed by atoms with van der Waals surface area (Å²) in [5, 5.41) is 3.63. The molecule has 1 fully saturated rings. The predicted molar refractivity (Wildman–Crippen MR) is 76.9 cm³/mol. The monoisotopic (exact) mass is 249 g/mol. The number of hydrogen-bond donors (Lipinski definition) is 1. The molecule has 1 aromatic rings. The number of thioether (sulfide) groups is 1. The molecule has 1 aliphatic carbocycles. The zero-order valence-electron chi connectivity index (χ0n) is 11.1. The van der Waals surface area contributed by atoms with Gasteiger partial charge in [-0.1, -0.05) is 32.9 Å². The molecule has 0 unspecified atom stereocenters. The second kappa shape index (κ2) is 5.45. The first-order valence-corrected chi connectivity index (χ1v) is 7.57. The molecule has 0 saturated heterocycles. The average molecular weight is 249 g/mol. The van der Waals surface area contributed by atoms with E-state index in [0.29, 0.717) is 0 Å². The predicted octanol–water partition coefficient (Wildman–Crippen LogP) is 3.83. The lowest BCUT2D eigenvalue weighted by Crippen LogP contribution is -2.34. The molecule has 0 aromatic heterocycles. The number of benzene rings is 1. The maximum absolute atomic E-state index is 3.63. The molecule has 0 heterocycles. The third-order valence-electron chi connectivity index (χ3n) is 3.36. The largest absolute Gasteiger partial charge is 0.313 e. The Labute approximate surface area is 109 Å². The summed E-state index contributed by atoms with van der Waals surface area (Å²) in [7, 11) is 0. The van der Waals surface area contributed by atoms with Gasteiger partial charge >= 0.3 is 0 Å². The molecule has 1 nitrogen and oxygen atoms in total. The maximum atomic E-state index is 3.63. The molecule has 0 radical (unpaired) electrons.